The van der Waals surface area contributed by atoms with Gasteiger partial charge in [0.1, 0.15) is 5.69 Å². The number of anilines is 1. The van der Waals surface area contributed by atoms with Gasteiger partial charge in [-0.05, 0) is 30.9 Å². The third-order valence-electron chi connectivity index (χ3n) is 3.78. The molecule has 0 unspecified atom stereocenters. The summed E-state index contributed by atoms with van der Waals surface area (Å²) in [5.41, 5.74) is 0.0379. The van der Waals surface area contributed by atoms with Crippen LogP contribution in [-0.2, 0) is 10.0 Å². The molecule has 0 heterocycles. The van der Waals surface area contributed by atoms with Gasteiger partial charge in [-0.15, -0.1) is 0 Å². The molecular weight excluding hydrogens is 294 g/mol. The van der Waals surface area contributed by atoms with Crippen LogP contribution in [0.1, 0.15) is 25.7 Å². The summed E-state index contributed by atoms with van der Waals surface area (Å²) in [6.45, 7) is 0.425. The lowest BCUT2D eigenvalue weighted by atomic mass is 10.1. The van der Waals surface area contributed by atoms with Gasteiger partial charge in [0.25, 0.3) is 5.69 Å². The van der Waals surface area contributed by atoms with Crippen molar-refractivity contribution in [1.29, 1.82) is 0 Å². The van der Waals surface area contributed by atoms with Crippen LogP contribution in [0.15, 0.2) is 23.1 Å². The second-order valence-electron chi connectivity index (χ2n) is 5.19. The van der Waals surface area contributed by atoms with E-state index in [9.17, 15) is 18.5 Å². The number of rotatable bonds is 6. The molecule has 0 spiro atoms. The van der Waals surface area contributed by atoms with Crippen LogP contribution in [0.4, 0.5) is 11.4 Å². The van der Waals surface area contributed by atoms with Gasteiger partial charge in [-0.2, -0.15) is 0 Å². The Morgan fingerprint density at radius 1 is 1.33 bits per heavy atom. The fourth-order valence-electron chi connectivity index (χ4n) is 2.57. The standard InChI is InChI=1S/C13H19N3O4S/c1-14-12-8-11(6-7-13(12)16(17)18)21(19,20)15-9-10-4-2-3-5-10/h6-8,10,14-15H,2-5,9H2,1H3. The second kappa shape index (κ2) is 6.40. The minimum absolute atomic E-state index is 0.0375. The fourth-order valence-corrected chi connectivity index (χ4v) is 3.71. The van der Waals surface area contributed by atoms with Gasteiger partial charge in [0.2, 0.25) is 10.0 Å². The average molecular weight is 313 g/mol. The van der Waals surface area contributed by atoms with Crippen molar-refractivity contribution >= 4 is 21.4 Å². The first-order chi connectivity index (χ1) is 9.94. The van der Waals surface area contributed by atoms with E-state index in [-0.39, 0.29) is 16.3 Å². The number of nitrogens with one attached hydrogen (secondary N) is 2. The minimum Gasteiger partial charge on any atom is -0.383 e. The van der Waals surface area contributed by atoms with Crippen LogP contribution in [0.3, 0.4) is 0 Å². The number of benzene rings is 1. The monoisotopic (exact) mass is 313 g/mol. The van der Waals surface area contributed by atoms with E-state index in [2.05, 4.69) is 10.0 Å². The van der Waals surface area contributed by atoms with Crippen LogP contribution in [0.5, 0.6) is 0 Å². The van der Waals surface area contributed by atoms with Crippen LogP contribution in [0.25, 0.3) is 0 Å². The molecule has 1 aromatic carbocycles. The number of nitro benzene ring substituents is 1. The highest BCUT2D eigenvalue weighted by molar-refractivity contribution is 7.89. The Labute approximate surface area is 123 Å². The summed E-state index contributed by atoms with van der Waals surface area (Å²) in [5.74, 6) is 0.390. The SMILES string of the molecule is CNc1cc(S(=O)(=O)NCC2CCCC2)ccc1[N+](=O)[O-]. The van der Waals surface area contributed by atoms with Crippen molar-refractivity contribution in [2.24, 2.45) is 5.92 Å². The molecule has 1 aliphatic rings. The maximum absolute atomic E-state index is 12.2. The van der Waals surface area contributed by atoms with Crippen LogP contribution in [0.2, 0.25) is 0 Å². The summed E-state index contributed by atoms with van der Waals surface area (Å²) in [7, 11) is -2.12. The zero-order chi connectivity index (χ0) is 15.5. The van der Waals surface area contributed by atoms with Gasteiger partial charge in [0.15, 0.2) is 0 Å². The number of nitrogens with zero attached hydrogens (tertiary/aromatic N) is 1. The summed E-state index contributed by atoms with van der Waals surface area (Å²) in [5, 5.41) is 13.5. The van der Waals surface area contributed by atoms with Crippen molar-refractivity contribution in [3.8, 4) is 0 Å². The van der Waals surface area contributed by atoms with Crippen molar-refractivity contribution in [2.75, 3.05) is 18.9 Å². The molecule has 0 radical (unpaired) electrons. The lowest BCUT2D eigenvalue weighted by Gasteiger charge is -2.12. The molecular formula is C13H19N3O4S. The zero-order valence-electron chi connectivity index (χ0n) is 11.8. The minimum atomic E-state index is -3.64. The van der Waals surface area contributed by atoms with E-state index in [0.717, 1.165) is 25.7 Å². The highest BCUT2D eigenvalue weighted by atomic mass is 32.2. The van der Waals surface area contributed by atoms with Gasteiger partial charge in [0, 0.05) is 19.7 Å². The summed E-state index contributed by atoms with van der Waals surface area (Å²) >= 11 is 0. The fraction of sp³-hybridized carbons (Fsp3) is 0.538. The molecule has 1 fully saturated rings. The van der Waals surface area contributed by atoms with Gasteiger partial charge >= 0.3 is 0 Å². The van der Waals surface area contributed by atoms with Gasteiger partial charge in [0.05, 0.1) is 9.82 Å². The Hall–Kier alpha value is -1.67. The Balaban J connectivity index is 2.17. The number of hydrogen-bond donors (Lipinski definition) is 2. The van der Waals surface area contributed by atoms with E-state index in [1.807, 2.05) is 0 Å². The molecule has 0 saturated heterocycles. The molecule has 7 nitrogen and oxygen atoms in total. The molecule has 0 aliphatic heterocycles. The first-order valence-corrected chi connectivity index (χ1v) is 8.38. The van der Waals surface area contributed by atoms with E-state index in [1.165, 1.54) is 25.2 Å². The number of hydrogen-bond acceptors (Lipinski definition) is 5. The van der Waals surface area contributed by atoms with E-state index in [4.69, 9.17) is 0 Å². The smallest absolute Gasteiger partial charge is 0.292 e. The highest BCUT2D eigenvalue weighted by Crippen LogP contribution is 2.28. The molecule has 2 rings (SSSR count). The van der Waals surface area contributed by atoms with Crippen LogP contribution in [-0.4, -0.2) is 26.9 Å². The average Bonchev–Trinajstić information content (AvgIpc) is 2.97. The molecule has 1 aromatic rings. The van der Waals surface area contributed by atoms with E-state index < -0.39 is 14.9 Å². The van der Waals surface area contributed by atoms with Crippen LogP contribution < -0.4 is 10.0 Å². The predicted molar refractivity (Wildman–Crippen MR) is 79.8 cm³/mol. The highest BCUT2D eigenvalue weighted by Gasteiger charge is 2.22. The molecule has 116 valence electrons. The lowest BCUT2D eigenvalue weighted by molar-refractivity contribution is -0.384. The van der Waals surface area contributed by atoms with Crippen molar-refractivity contribution in [2.45, 2.75) is 30.6 Å². The van der Waals surface area contributed by atoms with Crippen molar-refractivity contribution in [1.82, 2.24) is 4.72 Å². The Morgan fingerprint density at radius 3 is 2.57 bits per heavy atom. The summed E-state index contributed by atoms with van der Waals surface area (Å²) in [6, 6.07) is 3.75. The molecule has 1 aliphatic carbocycles. The molecule has 21 heavy (non-hydrogen) atoms. The quantitative estimate of drug-likeness (QED) is 0.618. The van der Waals surface area contributed by atoms with Gasteiger partial charge in [-0.3, -0.25) is 10.1 Å². The maximum atomic E-state index is 12.2. The number of sulfonamides is 1. The third-order valence-corrected chi connectivity index (χ3v) is 5.20. The zero-order valence-corrected chi connectivity index (χ0v) is 12.6. The largest absolute Gasteiger partial charge is 0.383 e. The molecule has 0 bridgehead atoms. The Morgan fingerprint density at radius 2 is 2.00 bits per heavy atom. The van der Waals surface area contributed by atoms with Crippen molar-refractivity contribution in [3.05, 3.63) is 28.3 Å². The Bertz CT molecular complexity index is 624. The van der Waals surface area contributed by atoms with Gasteiger partial charge in [-0.1, -0.05) is 12.8 Å². The maximum Gasteiger partial charge on any atom is 0.292 e. The molecule has 1 saturated carbocycles. The van der Waals surface area contributed by atoms with E-state index in [1.54, 1.807) is 0 Å². The Kier molecular flexibility index (Phi) is 4.79. The first-order valence-electron chi connectivity index (χ1n) is 6.90. The van der Waals surface area contributed by atoms with Gasteiger partial charge in [-0.25, -0.2) is 13.1 Å². The van der Waals surface area contributed by atoms with E-state index in [0.29, 0.717) is 12.5 Å². The summed E-state index contributed by atoms with van der Waals surface area (Å²) in [6.07, 6.45) is 4.39. The van der Waals surface area contributed by atoms with Crippen LogP contribution >= 0.6 is 0 Å². The normalized spacial score (nSPS) is 16.0. The predicted octanol–water partition coefficient (Wildman–Crippen LogP) is 2.10. The van der Waals surface area contributed by atoms with Crippen molar-refractivity contribution in [3.63, 3.8) is 0 Å². The third kappa shape index (κ3) is 3.70. The van der Waals surface area contributed by atoms with E-state index >= 15 is 0 Å². The molecule has 0 aromatic heterocycles. The molecule has 0 atom stereocenters. The van der Waals surface area contributed by atoms with Crippen LogP contribution in [0, 0.1) is 16.0 Å². The topological polar surface area (TPSA) is 101 Å². The molecule has 0 amide bonds. The second-order valence-corrected chi connectivity index (χ2v) is 6.96. The van der Waals surface area contributed by atoms with Crippen molar-refractivity contribution < 1.29 is 13.3 Å². The summed E-state index contributed by atoms with van der Waals surface area (Å²) < 4.78 is 27.1. The molecule has 2 N–H and O–H groups in total. The summed E-state index contributed by atoms with van der Waals surface area (Å²) in [4.78, 5) is 10.3. The number of nitro groups is 1. The first kappa shape index (κ1) is 15.7. The molecule has 8 heteroatoms. The lowest BCUT2D eigenvalue weighted by Crippen LogP contribution is -2.28. The van der Waals surface area contributed by atoms with Gasteiger partial charge < -0.3 is 5.32 Å².